The van der Waals surface area contributed by atoms with Crippen molar-refractivity contribution >= 4 is 57.9 Å². The van der Waals surface area contributed by atoms with Gasteiger partial charge < -0.3 is 29.5 Å². The Hall–Kier alpha value is -11.3. The molecule has 0 radical (unpaired) electrons. The Bertz CT molecular complexity index is 3960. The lowest BCUT2D eigenvalue weighted by atomic mass is 9.68. The van der Waals surface area contributed by atoms with E-state index in [1.807, 2.05) is 180 Å². The molecular weight excluding hydrogens is 1120 g/mol. The highest BCUT2D eigenvalue weighted by Gasteiger charge is 2.46. The monoisotopic (exact) mass is 1190 g/mol. The molecule has 0 fully saturated rings. The Kier molecular flexibility index (Phi) is 17.9. The van der Waals surface area contributed by atoms with Crippen molar-refractivity contribution in [2.45, 2.75) is 17.6 Å². The van der Waals surface area contributed by atoms with E-state index in [1.54, 1.807) is 0 Å². The summed E-state index contributed by atoms with van der Waals surface area (Å²) in [5, 5.41) is 36.7. The third-order valence-corrected chi connectivity index (χ3v) is 16.3. The molecule has 2 atom stereocenters. The Morgan fingerprint density at radius 2 is 0.582 bits per heavy atom. The van der Waals surface area contributed by atoms with Crippen LogP contribution in [0.15, 0.2) is 338 Å². The topological polar surface area (TPSA) is 96.6 Å². The third-order valence-electron chi connectivity index (χ3n) is 16.3. The lowest BCUT2D eigenvalue weighted by Crippen LogP contribution is -2.32. The first-order valence-corrected chi connectivity index (χ1v) is 30.7. The van der Waals surface area contributed by atoms with E-state index in [0.717, 1.165) is 67.8 Å². The number of aliphatic hydroxyl groups is 2. The minimum absolute atomic E-state index is 0.0471. The van der Waals surface area contributed by atoms with Crippen LogP contribution in [0.5, 0.6) is 11.5 Å². The summed E-state index contributed by atoms with van der Waals surface area (Å²) in [7, 11) is 0. The molecule has 0 saturated heterocycles. The fourth-order valence-corrected chi connectivity index (χ4v) is 12.0. The summed E-state index contributed by atoms with van der Waals surface area (Å²) in [6.07, 6.45) is 1.89. The molecule has 1 aliphatic rings. The van der Waals surface area contributed by atoms with Gasteiger partial charge in [-0.3, -0.25) is 10.0 Å². The molecular formula is C81H68N6O4. The van der Waals surface area contributed by atoms with E-state index in [1.165, 1.54) is 22.3 Å². The molecule has 0 aromatic heterocycles. The van der Waals surface area contributed by atoms with Gasteiger partial charge in [0.05, 0.1) is 42.3 Å². The van der Waals surface area contributed by atoms with Crippen LogP contribution in [-0.2, 0) is 5.41 Å². The predicted octanol–water partition coefficient (Wildman–Crippen LogP) is 17.6. The number of ether oxygens (including phenoxy) is 2. The van der Waals surface area contributed by atoms with Crippen LogP contribution in [-0.4, -0.2) is 61.2 Å². The maximum absolute atomic E-state index is 11.6. The lowest BCUT2D eigenvalue weighted by Gasteiger charge is -2.34. The van der Waals surface area contributed by atoms with Gasteiger partial charge in [-0.15, -0.1) is 0 Å². The quantitative estimate of drug-likeness (QED) is 0.0456. The molecule has 10 nitrogen and oxygen atoms in total. The largest absolute Gasteiger partial charge is 0.491 e. The molecule has 10 heteroatoms. The van der Waals surface area contributed by atoms with Crippen LogP contribution in [0.3, 0.4) is 0 Å². The number of rotatable bonds is 24. The normalized spacial score (nSPS) is 12.8. The summed E-state index contributed by atoms with van der Waals surface area (Å²) < 4.78 is 12.7. The molecule has 91 heavy (non-hydrogen) atoms. The summed E-state index contributed by atoms with van der Waals surface area (Å²) in [6.45, 7) is 0.491. The highest BCUT2D eigenvalue weighted by molar-refractivity contribution is 5.87. The van der Waals surface area contributed by atoms with Gasteiger partial charge in [0.25, 0.3) is 0 Å². The van der Waals surface area contributed by atoms with E-state index in [4.69, 9.17) is 19.7 Å². The van der Waals surface area contributed by atoms with Gasteiger partial charge in [-0.1, -0.05) is 206 Å². The summed E-state index contributed by atoms with van der Waals surface area (Å²) in [5.74, 6) is 1.27. The van der Waals surface area contributed by atoms with Gasteiger partial charge in [-0.05, 0) is 166 Å². The van der Waals surface area contributed by atoms with Crippen LogP contribution in [0.25, 0.3) is 11.1 Å². The number of hydrogen-bond donors (Lipinski definition) is 2. The molecule has 0 aliphatic heterocycles. The first-order valence-electron chi connectivity index (χ1n) is 30.7. The molecule has 13 rings (SSSR count). The van der Waals surface area contributed by atoms with E-state index < -0.39 is 17.6 Å². The highest BCUT2D eigenvalue weighted by atomic mass is 16.5. The highest BCUT2D eigenvalue weighted by Crippen LogP contribution is 2.56. The Balaban J connectivity index is 0.686. The van der Waals surface area contributed by atoms with Crippen LogP contribution in [0.4, 0.5) is 45.5 Å². The summed E-state index contributed by atoms with van der Waals surface area (Å²) in [4.78, 5) is 4.45. The lowest BCUT2D eigenvalue weighted by molar-refractivity contribution is 0.112. The molecule has 0 spiro atoms. The molecule has 1 aliphatic carbocycles. The van der Waals surface area contributed by atoms with Crippen molar-refractivity contribution in [3.8, 4) is 22.6 Å². The van der Waals surface area contributed by atoms with Gasteiger partial charge >= 0.3 is 0 Å². The molecule has 446 valence electrons. The summed E-state index contributed by atoms with van der Waals surface area (Å²) in [5.41, 5.74) is 16.0. The van der Waals surface area contributed by atoms with Gasteiger partial charge in [0, 0.05) is 34.1 Å². The second-order valence-corrected chi connectivity index (χ2v) is 22.3. The van der Waals surface area contributed by atoms with Gasteiger partial charge in [0.15, 0.2) is 0 Å². The third kappa shape index (κ3) is 13.3. The minimum Gasteiger partial charge on any atom is -0.491 e. The van der Waals surface area contributed by atoms with Gasteiger partial charge in [0.1, 0.15) is 36.9 Å². The fraction of sp³-hybridized carbons (Fsp3) is 0.0864. The number of fused-ring (bicyclic) bond motifs is 3. The van der Waals surface area contributed by atoms with Crippen LogP contribution < -0.4 is 29.3 Å². The van der Waals surface area contributed by atoms with Crippen molar-refractivity contribution in [1.82, 2.24) is 0 Å². The predicted molar refractivity (Wildman–Crippen MR) is 372 cm³/mol. The van der Waals surface area contributed by atoms with E-state index in [9.17, 15) is 10.2 Å². The van der Waals surface area contributed by atoms with Crippen LogP contribution >= 0.6 is 0 Å². The number of hydrogen-bond acceptors (Lipinski definition) is 10. The zero-order valence-electron chi connectivity index (χ0n) is 50.2. The molecule has 2 N–H and O–H groups in total. The molecule has 0 heterocycles. The summed E-state index contributed by atoms with van der Waals surface area (Å²) in [6, 6.07) is 111. The minimum atomic E-state index is -0.879. The van der Waals surface area contributed by atoms with Crippen LogP contribution in [0, 0.1) is 0 Å². The molecule has 12 aromatic rings. The number of nitrogens with zero attached hydrogens (tertiary/aromatic N) is 6. The first kappa shape index (κ1) is 58.7. The Morgan fingerprint density at radius 1 is 0.308 bits per heavy atom. The number of anilines is 8. The standard InChI is InChI=1S/C81H68N6O4/c88-73(57-84(65-23-7-1-8-24-65)82-55-61-39-47-71(48-40-61)86(67-27-11-3-12-28-67)68-29-13-4-14-30-68)59-90-75-51-43-63(44-52-75)81(79-37-21-19-35-77(79)78-36-20-22-38-80(78)81)64-45-53-76(54-46-64)91-60-74(89)58-85(66-25-9-2-10-26-66)83-56-62-41-49-72(50-42-62)87(69-31-15-5-16-32-69)70-33-17-6-18-34-70/h1-56,73-74,88-89H,57-60H2/b82-55+,83-56+. The number of benzene rings is 12. The van der Waals surface area contributed by atoms with Crippen molar-refractivity contribution in [1.29, 1.82) is 0 Å². The smallest absolute Gasteiger partial charge is 0.119 e. The average molecular weight is 1190 g/mol. The van der Waals surface area contributed by atoms with Crippen molar-refractivity contribution < 1.29 is 19.7 Å². The number of para-hydroxylation sites is 6. The molecule has 0 amide bonds. The second-order valence-electron chi connectivity index (χ2n) is 22.3. The van der Waals surface area contributed by atoms with Crippen molar-refractivity contribution in [2.75, 3.05) is 46.1 Å². The van der Waals surface area contributed by atoms with E-state index in [2.05, 4.69) is 180 Å². The molecule has 12 aromatic carbocycles. The van der Waals surface area contributed by atoms with Crippen molar-refractivity contribution in [2.24, 2.45) is 10.2 Å². The SMILES string of the molecule is OC(COc1ccc(C2(c3ccc(OCC(O)CN(/N=C/c4ccc(N(c5ccccc5)c5ccccc5)cc4)c4ccccc4)cc3)c3ccccc3-c3ccccc32)cc1)CN(/N=C/c1ccc(N(c2ccccc2)c2ccccc2)cc1)c1ccccc1. The molecule has 0 saturated carbocycles. The van der Waals surface area contributed by atoms with Crippen molar-refractivity contribution in [3.05, 3.63) is 361 Å². The maximum atomic E-state index is 11.6. The second kappa shape index (κ2) is 27.8. The molecule has 2 unspecified atom stereocenters. The van der Waals surface area contributed by atoms with Gasteiger partial charge in [-0.25, -0.2) is 0 Å². The van der Waals surface area contributed by atoms with E-state index >= 15 is 0 Å². The maximum Gasteiger partial charge on any atom is 0.119 e. The Labute approximate surface area is 532 Å². The number of hydrazone groups is 2. The fourth-order valence-electron chi connectivity index (χ4n) is 12.0. The van der Waals surface area contributed by atoms with Gasteiger partial charge in [0.2, 0.25) is 0 Å². The van der Waals surface area contributed by atoms with Crippen molar-refractivity contribution in [3.63, 3.8) is 0 Å². The van der Waals surface area contributed by atoms with Gasteiger partial charge in [-0.2, -0.15) is 10.2 Å². The number of aliphatic hydroxyl groups excluding tert-OH is 2. The van der Waals surface area contributed by atoms with Crippen LogP contribution in [0.2, 0.25) is 0 Å². The zero-order valence-corrected chi connectivity index (χ0v) is 50.2. The summed E-state index contributed by atoms with van der Waals surface area (Å²) >= 11 is 0. The van der Waals surface area contributed by atoms with E-state index in [-0.39, 0.29) is 26.3 Å². The Morgan fingerprint density at radius 3 is 0.901 bits per heavy atom. The van der Waals surface area contributed by atoms with Crippen LogP contribution in [0.1, 0.15) is 33.4 Å². The molecule has 0 bridgehead atoms. The first-order chi connectivity index (χ1) is 44.9. The van der Waals surface area contributed by atoms with E-state index in [0.29, 0.717) is 11.5 Å². The average Bonchev–Trinajstić information content (AvgIpc) is 1.56. The zero-order chi connectivity index (χ0) is 61.6.